The Hall–Kier alpha value is -3.02. The van der Waals surface area contributed by atoms with Gasteiger partial charge >= 0.3 is 5.97 Å². The van der Waals surface area contributed by atoms with Crippen LogP contribution in [0.3, 0.4) is 0 Å². The summed E-state index contributed by atoms with van der Waals surface area (Å²) in [5.74, 6) is 0.174. The van der Waals surface area contributed by atoms with Crippen LogP contribution in [-0.4, -0.2) is 39.2 Å². The number of carbonyl (C=O) groups excluding carboxylic acids is 2. The van der Waals surface area contributed by atoms with Gasteiger partial charge in [-0.05, 0) is 43.4 Å². The van der Waals surface area contributed by atoms with E-state index in [4.69, 9.17) is 18.9 Å². The van der Waals surface area contributed by atoms with Crippen LogP contribution in [-0.2, 0) is 17.6 Å². The summed E-state index contributed by atoms with van der Waals surface area (Å²) in [6, 6.07) is 8.72. The van der Waals surface area contributed by atoms with Crippen LogP contribution in [0.1, 0.15) is 45.2 Å². The van der Waals surface area contributed by atoms with Crippen LogP contribution < -0.4 is 14.2 Å². The van der Waals surface area contributed by atoms with Crippen molar-refractivity contribution in [3.63, 3.8) is 0 Å². The maximum atomic E-state index is 12.7. The number of Topliss-reactive ketones (excluding diaryl/α,β-unsaturated/α-hetero) is 1. The number of methoxy groups -OCH3 is 3. The molecule has 1 unspecified atom stereocenters. The van der Waals surface area contributed by atoms with Gasteiger partial charge in [-0.2, -0.15) is 0 Å². The molecule has 0 amide bonds. The lowest BCUT2D eigenvalue weighted by molar-refractivity contribution is 0.0315. The van der Waals surface area contributed by atoms with Gasteiger partial charge in [-0.3, -0.25) is 4.79 Å². The normalized spacial score (nSPS) is 13.4. The average Bonchev–Trinajstić information content (AvgIpc) is 3.19. The summed E-state index contributed by atoms with van der Waals surface area (Å²) in [7, 11) is 4.41. The number of benzene rings is 2. The first kappa shape index (κ1) is 19.7. The Balaban J connectivity index is 1.79. The van der Waals surface area contributed by atoms with Crippen molar-refractivity contribution in [2.75, 3.05) is 21.3 Å². The number of ether oxygens (including phenoxy) is 4. The number of aryl methyl sites for hydroxylation is 2. The first-order valence-electron chi connectivity index (χ1n) is 9.15. The van der Waals surface area contributed by atoms with E-state index >= 15 is 0 Å². The number of hydrogen-bond acceptors (Lipinski definition) is 6. The summed E-state index contributed by atoms with van der Waals surface area (Å²) in [5.41, 5.74) is 3.20. The second kappa shape index (κ2) is 8.33. The van der Waals surface area contributed by atoms with Crippen molar-refractivity contribution in [2.45, 2.75) is 32.3 Å². The van der Waals surface area contributed by atoms with E-state index in [1.807, 2.05) is 12.1 Å². The number of carbonyl (C=O) groups is 2. The molecule has 0 N–H and O–H groups in total. The molecule has 0 radical (unpaired) electrons. The van der Waals surface area contributed by atoms with E-state index in [9.17, 15) is 9.59 Å². The van der Waals surface area contributed by atoms with E-state index < -0.39 is 12.1 Å². The van der Waals surface area contributed by atoms with Crippen molar-refractivity contribution in [1.82, 2.24) is 0 Å². The third kappa shape index (κ3) is 3.81. The largest absolute Gasteiger partial charge is 0.496 e. The fraction of sp³-hybridized carbons (Fsp3) is 0.364. The lowest BCUT2D eigenvalue weighted by atomic mass is 10.0. The average molecular weight is 384 g/mol. The molecule has 3 rings (SSSR count). The van der Waals surface area contributed by atoms with Crippen molar-refractivity contribution < 1.29 is 28.5 Å². The smallest absolute Gasteiger partial charge is 0.342 e. The minimum atomic E-state index is -0.926. The lowest BCUT2D eigenvalue weighted by Gasteiger charge is -2.16. The summed E-state index contributed by atoms with van der Waals surface area (Å²) in [5, 5.41) is 0. The van der Waals surface area contributed by atoms with Gasteiger partial charge in [0.2, 0.25) is 5.78 Å². The van der Waals surface area contributed by atoms with E-state index in [0.29, 0.717) is 17.1 Å². The van der Waals surface area contributed by atoms with E-state index in [-0.39, 0.29) is 17.1 Å². The minimum absolute atomic E-state index is 0.161. The number of fused-ring (bicyclic) bond motifs is 1. The molecule has 0 spiro atoms. The van der Waals surface area contributed by atoms with Crippen molar-refractivity contribution >= 4 is 11.8 Å². The Morgan fingerprint density at radius 3 is 2.18 bits per heavy atom. The quantitative estimate of drug-likeness (QED) is 0.536. The van der Waals surface area contributed by atoms with Gasteiger partial charge in [0.1, 0.15) is 11.3 Å². The van der Waals surface area contributed by atoms with Gasteiger partial charge < -0.3 is 18.9 Å². The number of rotatable bonds is 7. The van der Waals surface area contributed by atoms with E-state index in [1.54, 1.807) is 19.1 Å². The predicted molar refractivity (Wildman–Crippen MR) is 104 cm³/mol. The fourth-order valence-corrected chi connectivity index (χ4v) is 3.43. The standard InChI is InChI=1S/C22H24O6/c1-13(21(23)16-9-8-14-6-5-7-15(14)10-16)28-22(24)17-11-19(26-3)20(27-4)12-18(17)25-2/h8-13H,5-7H2,1-4H3. The molecule has 1 aliphatic carbocycles. The summed E-state index contributed by atoms with van der Waals surface area (Å²) < 4.78 is 21.1. The zero-order chi connectivity index (χ0) is 20.3. The molecule has 6 nitrogen and oxygen atoms in total. The molecule has 0 fully saturated rings. The molecule has 0 bridgehead atoms. The highest BCUT2D eigenvalue weighted by atomic mass is 16.5. The van der Waals surface area contributed by atoms with Crippen LogP contribution in [0, 0.1) is 0 Å². The third-order valence-electron chi connectivity index (χ3n) is 4.96. The monoisotopic (exact) mass is 384 g/mol. The molecule has 1 atom stereocenters. The molecule has 148 valence electrons. The molecule has 0 heterocycles. The van der Waals surface area contributed by atoms with Gasteiger partial charge in [-0.15, -0.1) is 0 Å². The number of ketones is 1. The Morgan fingerprint density at radius 1 is 0.857 bits per heavy atom. The van der Waals surface area contributed by atoms with Crippen LogP contribution in [0.15, 0.2) is 30.3 Å². The third-order valence-corrected chi connectivity index (χ3v) is 4.96. The van der Waals surface area contributed by atoms with Gasteiger partial charge in [-0.25, -0.2) is 4.79 Å². The molecule has 2 aromatic carbocycles. The summed E-state index contributed by atoms with van der Waals surface area (Å²) in [6.07, 6.45) is 2.21. The highest BCUT2D eigenvalue weighted by Crippen LogP contribution is 2.35. The zero-order valence-electron chi connectivity index (χ0n) is 16.5. The minimum Gasteiger partial charge on any atom is -0.496 e. The van der Waals surface area contributed by atoms with E-state index in [0.717, 1.165) is 19.3 Å². The number of esters is 1. The van der Waals surface area contributed by atoms with Gasteiger partial charge in [0.15, 0.2) is 17.6 Å². The number of hydrogen-bond donors (Lipinski definition) is 0. The first-order chi connectivity index (χ1) is 13.5. The maximum absolute atomic E-state index is 12.7. The van der Waals surface area contributed by atoms with Crippen molar-refractivity contribution in [3.8, 4) is 17.2 Å². The van der Waals surface area contributed by atoms with Crippen LogP contribution in [0.25, 0.3) is 0 Å². The van der Waals surface area contributed by atoms with Gasteiger partial charge in [0.25, 0.3) is 0 Å². The van der Waals surface area contributed by atoms with Gasteiger partial charge in [-0.1, -0.05) is 12.1 Å². The van der Waals surface area contributed by atoms with Crippen LogP contribution in [0.2, 0.25) is 0 Å². The second-order valence-electron chi connectivity index (χ2n) is 6.66. The van der Waals surface area contributed by atoms with Crippen molar-refractivity contribution in [1.29, 1.82) is 0 Å². The molecular weight excluding hydrogens is 360 g/mol. The fourth-order valence-electron chi connectivity index (χ4n) is 3.43. The second-order valence-corrected chi connectivity index (χ2v) is 6.66. The Bertz CT molecular complexity index is 902. The van der Waals surface area contributed by atoms with E-state index in [2.05, 4.69) is 0 Å². The van der Waals surface area contributed by atoms with Gasteiger partial charge in [0, 0.05) is 17.7 Å². The molecule has 0 aromatic heterocycles. The molecule has 6 heteroatoms. The summed E-state index contributed by atoms with van der Waals surface area (Å²) >= 11 is 0. The van der Waals surface area contributed by atoms with Crippen LogP contribution >= 0.6 is 0 Å². The van der Waals surface area contributed by atoms with Crippen LogP contribution in [0.5, 0.6) is 17.2 Å². The van der Waals surface area contributed by atoms with Gasteiger partial charge in [0.05, 0.1) is 21.3 Å². The Kier molecular flexibility index (Phi) is 5.87. The highest BCUT2D eigenvalue weighted by Gasteiger charge is 2.25. The summed E-state index contributed by atoms with van der Waals surface area (Å²) in [6.45, 7) is 1.57. The molecule has 0 saturated carbocycles. The molecule has 0 saturated heterocycles. The predicted octanol–water partition coefficient (Wildman–Crippen LogP) is 3.63. The zero-order valence-corrected chi connectivity index (χ0v) is 16.5. The van der Waals surface area contributed by atoms with Crippen molar-refractivity contribution in [2.24, 2.45) is 0 Å². The Morgan fingerprint density at radius 2 is 1.50 bits per heavy atom. The molecule has 28 heavy (non-hydrogen) atoms. The summed E-state index contributed by atoms with van der Waals surface area (Å²) in [4.78, 5) is 25.4. The Labute approximate surface area is 164 Å². The molecular formula is C22H24O6. The molecule has 0 aliphatic heterocycles. The SMILES string of the molecule is COc1cc(OC)c(C(=O)OC(C)C(=O)c2ccc3c(c2)CCC3)cc1OC. The highest BCUT2D eigenvalue weighted by molar-refractivity contribution is 6.02. The van der Waals surface area contributed by atoms with E-state index in [1.165, 1.54) is 38.5 Å². The maximum Gasteiger partial charge on any atom is 0.342 e. The lowest BCUT2D eigenvalue weighted by Crippen LogP contribution is -2.25. The first-order valence-corrected chi connectivity index (χ1v) is 9.15. The molecule has 1 aliphatic rings. The topological polar surface area (TPSA) is 71.1 Å². The molecule has 2 aromatic rings. The van der Waals surface area contributed by atoms with Crippen molar-refractivity contribution in [3.05, 3.63) is 52.6 Å². The van der Waals surface area contributed by atoms with Crippen LogP contribution in [0.4, 0.5) is 0 Å².